The molecule has 1 atom stereocenters. The van der Waals surface area contributed by atoms with Crippen molar-refractivity contribution in [1.29, 1.82) is 0 Å². The molecule has 1 N–H and O–H groups in total. The van der Waals surface area contributed by atoms with Crippen LogP contribution < -0.4 is 4.74 Å². The average Bonchev–Trinajstić information content (AvgIpc) is 3.16. The van der Waals surface area contributed by atoms with E-state index in [0.717, 1.165) is 13.1 Å². The number of hydrogen-bond acceptors (Lipinski definition) is 4. The molecule has 3 rings (SSSR count). The molecule has 2 fully saturated rings. The Kier molecular flexibility index (Phi) is 4.55. The first kappa shape index (κ1) is 16.2. The van der Waals surface area contributed by atoms with Gasteiger partial charge in [0.1, 0.15) is 11.6 Å². The molecule has 1 aromatic rings. The molecule has 1 amide bonds. The van der Waals surface area contributed by atoms with Gasteiger partial charge in [-0.15, -0.1) is 0 Å². The van der Waals surface area contributed by atoms with Crippen LogP contribution in [0, 0.1) is 5.82 Å². The van der Waals surface area contributed by atoms with E-state index in [0.29, 0.717) is 25.3 Å². The Morgan fingerprint density at radius 3 is 2.78 bits per heavy atom. The molecule has 0 radical (unpaired) electrons. The van der Waals surface area contributed by atoms with Crippen molar-refractivity contribution in [3.05, 3.63) is 29.6 Å². The number of rotatable bonds is 4. The van der Waals surface area contributed by atoms with E-state index in [-0.39, 0.29) is 18.0 Å². The molecular weight excluding hydrogens is 299 g/mol. The van der Waals surface area contributed by atoms with Crippen molar-refractivity contribution in [3.8, 4) is 5.75 Å². The molecule has 1 aromatic carbocycles. The molecule has 23 heavy (non-hydrogen) atoms. The van der Waals surface area contributed by atoms with Crippen molar-refractivity contribution in [3.63, 3.8) is 0 Å². The minimum Gasteiger partial charge on any atom is -0.496 e. The smallest absolute Gasteiger partial charge is 0.257 e. The van der Waals surface area contributed by atoms with Gasteiger partial charge in [-0.3, -0.25) is 4.79 Å². The van der Waals surface area contributed by atoms with Gasteiger partial charge in [0, 0.05) is 13.1 Å². The number of nitrogens with zero attached hydrogens (tertiary/aromatic N) is 2. The number of hydrogen-bond donors (Lipinski definition) is 1. The van der Waals surface area contributed by atoms with Gasteiger partial charge in [0.25, 0.3) is 5.91 Å². The second-order valence-corrected chi connectivity index (χ2v) is 6.53. The van der Waals surface area contributed by atoms with Gasteiger partial charge in [-0.25, -0.2) is 4.39 Å². The third-order valence-electron chi connectivity index (χ3n) is 4.73. The fraction of sp³-hybridized carbons (Fsp3) is 0.588. The van der Waals surface area contributed by atoms with Gasteiger partial charge in [0.15, 0.2) is 0 Å². The van der Waals surface area contributed by atoms with Crippen LogP contribution in [0.5, 0.6) is 5.75 Å². The Balaban J connectivity index is 1.70. The summed E-state index contributed by atoms with van der Waals surface area (Å²) in [6.45, 7) is 3.36. The largest absolute Gasteiger partial charge is 0.496 e. The molecule has 0 bridgehead atoms. The van der Waals surface area contributed by atoms with Crippen LogP contribution in [0.2, 0.25) is 0 Å². The maximum Gasteiger partial charge on any atom is 0.257 e. The Morgan fingerprint density at radius 1 is 1.35 bits per heavy atom. The predicted molar refractivity (Wildman–Crippen MR) is 84.1 cm³/mol. The number of carbonyl (C=O) groups excluding carboxylic acids is 1. The first-order valence-corrected chi connectivity index (χ1v) is 8.08. The molecule has 6 heteroatoms. The van der Waals surface area contributed by atoms with Gasteiger partial charge in [0.2, 0.25) is 0 Å². The minimum absolute atomic E-state index is 0.206. The number of aliphatic hydroxyl groups is 1. The third-order valence-corrected chi connectivity index (χ3v) is 4.73. The highest BCUT2D eigenvalue weighted by atomic mass is 19.1. The summed E-state index contributed by atoms with van der Waals surface area (Å²) >= 11 is 0. The zero-order valence-electron chi connectivity index (χ0n) is 13.4. The van der Waals surface area contributed by atoms with E-state index in [1.807, 2.05) is 0 Å². The lowest BCUT2D eigenvalue weighted by Crippen LogP contribution is -2.45. The SMILES string of the molecule is COc1ccc(F)cc1C(=O)N1CC[C@@](O)(CN2CCCC2)C1. The third kappa shape index (κ3) is 3.48. The quantitative estimate of drug-likeness (QED) is 0.913. The van der Waals surface area contributed by atoms with E-state index in [4.69, 9.17) is 4.74 Å². The molecule has 5 nitrogen and oxygen atoms in total. The molecular formula is C17H23FN2O3. The van der Waals surface area contributed by atoms with E-state index in [1.54, 1.807) is 4.90 Å². The van der Waals surface area contributed by atoms with Gasteiger partial charge in [-0.05, 0) is 50.6 Å². The summed E-state index contributed by atoms with van der Waals surface area (Å²) < 4.78 is 18.6. The lowest BCUT2D eigenvalue weighted by molar-refractivity contribution is 0.0175. The van der Waals surface area contributed by atoms with Gasteiger partial charge in [0.05, 0.1) is 24.8 Å². The average molecular weight is 322 g/mol. The van der Waals surface area contributed by atoms with Crippen LogP contribution in [0.1, 0.15) is 29.6 Å². The molecule has 2 aliphatic rings. The fourth-order valence-electron chi connectivity index (χ4n) is 3.53. The summed E-state index contributed by atoms with van der Waals surface area (Å²) in [6, 6.07) is 3.91. The van der Waals surface area contributed by atoms with Crippen LogP contribution in [0.25, 0.3) is 0 Å². The van der Waals surface area contributed by atoms with Crippen LogP contribution in [0.3, 0.4) is 0 Å². The monoisotopic (exact) mass is 322 g/mol. The van der Waals surface area contributed by atoms with Crippen LogP contribution in [0.4, 0.5) is 4.39 Å². The van der Waals surface area contributed by atoms with E-state index in [1.165, 1.54) is 38.2 Å². The van der Waals surface area contributed by atoms with Crippen molar-refractivity contribution >= 4 is 5.91 Å². The standard InChI is InChI=1S/C17H23FN2O3/c1-23-15-5-4-13(18)10-14(15)16(21)20-9-6-17(22,12-20)11-19-7-2-3-8-19/h4-5,10,22H,2-3,6-9,11-12H2,1H3/t17-/m1/s1. The molecule has 0 aliphatic carbocycles. The number of amides is 1. The highest BCUT2D eigenvalue weighted by Gasteiger charge is 2.40. The number of benzene rings is 1. The molecule has 2 aliphatic heterocycles. The van der Waals surface area contributed by atoms with E-state index in [2.05, 4.69) is 4.90 Å². The molecule has 0 unspecified atom stereocenters. The van der Waals surface area contributed by atoms with Crippen molar-refractivity contribution in [2.24, 2.45) is 0 Å². The van der Waals surface area contributed by atoms with Crippen LogP contribution >= 0.6 is 0 Å². The highest BCUT2D eigenvalue weighted by Crippen LogP contribution is 2.28. The number of ether oxygens (including phenoxy) is 1. The van der Waals surface area contributed by atoms with Gasteiger partial charge >= 0.3 is 0 Å². The number of methoxy groups -OCH3 is 1. The Labute approximate surface area is 135 Å². The topological polar surface area (TPSA) is 53.0 Å². The maximum absolute atomic E-state index is 13.5. The zero-order valence-corrected chi connectivity index (χ0v) is 13.4. The van der Waals surface area contributed by atoms with Crippen molar-refractivity contribution in [2.45, 2.75) is 24.9 Å². The van der Waals surface area contributed by atoms with E-state index >= 15 is 0 Å². The van der Waals surface area contributed by atoms with Crippen LogP contribution in [-0.4, -0.2) is 66.2 Å². The number of carbonyl (C=O) groups is 1. The number of β-amino-alcohol motifs (C(OH)–C–C–N with tert-alkyl or cyclic N) is 1. The molecule has 126 valence electrons. The van der Waals surface area contributed by atoms with E-state index in [9.17, 15) is 14.3 Å². The first-order chi connectivity index (χ1) is 11.0. The predicted octanol–water partition coefficient (Wildman–Crippen LogP) is 1.51. The Morgan fingerprint density at radius 2 is 2.09 bits per heavy atom. The van der Waals surface area contributed by atoms with E-state index < -0.39 is 11.4 Å². The van der Waals surface area contributed by atoms with Crippen molar-refractivity contribution in [1.82, 2.24) is 9.80 Å². The molecule has 0 aromatic heterocycles. The maximum atomic E-state index is 13.5. The normalized spacial score (nSPS) is 25.1. The second kappa shape index (κ2) is 6.45. The van der Waals surface area contributed by atoms with Gasteiger partial charge in [-0.1, -0.05) is 0 Å². The second-order valence-electron chi connectivity index (χ2n) is 6.53. The fourth-order valence-corrected chi connectivity index (χ4v) is 3.53. The summed E-state index contributed by atoms with van der Waals surface area (Å²) in [5, 5.41) is 10.8. The Bertz CT molecular complexity index is 589. The lowest BCUT2D eigenvalue weighted by atomic mass is 10.0. The zero-order chi connectivity index (χ0) is 16.4. The summed E-state index contributed by atoms with van der Waals surface area (Å²) in [5.41, 5.74) is -0.668. The number of likely N-dealkylation sites (tertiary alicyclic amines) is 2. The van der Waals surface area contributed by atoms with Gasteiger partial charge < -0.3 is 19.6 Å². The summed E-state index contributed by atoms with van der Waals surface area (Å²) in [6.07, 6.45) is 2.88. The molecule has 0 saturated carbocycles. The van der Waals surface area contributed by atoms with Crippen LogP contribution in [0.15, 0.2) is 18.2 Å². The van der Waals surface area contributed by atoms with Crippen molar-refractivity contribution in [2.75, 3.05) is 39.8 Å². The van der Waals surface area contributed by atoms with Crippen molar-refractivity contribution < 1.29 is 19.0 Å². The molecule has 2 saturated heterocycles. The number of halogens is 1. The summed E-state index contributed by atoms with van der Waals surface area (Å²) in [4.78, 5) is 16.5. The first-order valence-electron chi connectivity index (χ1n) is 8.08. The Hall–Kier alpha value is -1.66. The molecule has 2 heterocycles. The highest BCUT2D eigenvalue weighted by molar-refractivity contribution is 5.97. The summed E-state index contributed by atoms with van der Waals surface area (Å²) in [5.74, 6) is -0.411. The molecule has 0 spiro atoms. The van der Waals surface area contributed by atoms with Crippen LogP contribution in [-0.2, 0) is 0 Å². The summed E-state index contributed by atoms with van der Waals surface area (Å²) in [7, 11) is 1.46. The lowest BCUT2D eigenvalue weighted by Gasteiger charge is -2.28. The minimum atomic E-state index is -0.874. The van der Waals surface area contributed by atoms with Gasteiger partial charge in [-0.2, -0.15) is 0 Å².